The highest BCUT2D eigenvalue weighted by molar-refractivity contribution is 9.10. The predicted molar refractivity (Wildman–Crippen MR) is 79.2 cm³/mol. The van der Waals surface area contributed by atoms with E-state index in [-0.39, 0.29) is 6.04 Å². The number of hydrogen-bond donors (Lipinski definition) is 1. The van der Waals surface area contributed by atoms with Crippen LogP contribution in [-0.4, -0.2) is 26.6 Å². The van der Waals surface area contributed by atoms with Gasteiger partial charge in [-0.1, -0.05) is 0 Å². The average molecular weight is 326 g/mol. The van der Waals surface area contributed by atoms with Crippen molar-refractivity contribution in [3.63, 3.8) is 0 Å². The highest BCUT2D eigenvalue weighted by Gasteiger charge is 2.24. The van der Waals surface area contributed by atoms with Crippen LogP contribution >= 0.6 is 15.9 Å². The molecule has 0 aliphatic rings. The van der Waals surface area contributed by atoms with Crippen LogP contribution in [0.5, 0.6) is 0 Å². The van der Waals surface area contributed by atoms with Crippen LogP contribution in [0.1, 0.15) is 43.0 Å². The van der Waals surface area contributed by atoms with Gasteiger partial charge in [-0.25, -0.2) is 0 Å². The summed E-state index contributed by atoms with van der Waals surface area (Å²) in [5.74, 6) is 0. The van der Waals surface area contributed by atoms with Gasteiger partial charge in [0.1, 0.15) is 0 Å². The molecule has 19 heavy (non-hydrogen) atoms. The molecule has 0 spiro atoms. The molecule has 0 amide bonds. The van der Waals surface area contributed by atoms with Gasteiger partial charge in [0, 0.05) is 13.1 Å². The second-order valence-corrected chi connectivity index (χ2v) is 5.83. The summed E-state index contributed by atoms with van der Waals surface area (Å²) < 4.78 is 4.97. The van der Waals surface area contributed by atoms with E-state index in [0.717, 1.165) is 21.6 Å². The molecule has 0 aliphatic carbocycles. The van der Waals surface area contributed by atoms with Crippen LogP contribution in [0, 0.1) is 6.92 Å². The lowest BCUT2D eigenvalue weighted by atomic mass is 10.1. The summed E-state index contributed by atoms with van der Waals surface area (Å²) >= 11 is 3.60. The molecule has 0 radical (unpaired) electrons. The Labute approximate surface area is 122 Å². The van der Waals surface area contributed by atoms with Crippen LogP contribution in [0.25, 0.3) is 0 Å². The number of rotatable bonds is 4. The number of aryl methyl sites for hydroxylation is 2. The number of nitrogens with one attached hydrogen (secondary N) is 1. The van der Waals surface area contributed by atoms with E-state index in [1.807, 2.05) is 36.6 Å². The van der Waals surface area contributed by atoms with Gasteiger partial charge in [0.15, 0.2) is 0 Å². The summed E-state index contributed by atoms with van der Waals surface area (Å²) in [5.41, 5.74) is 3.27. The van der Waals surface area contributed by atoms with Gasteiger partial charge >= 0.3 is 0 Å². The average Bonchev–Trinajstić information content (AvgIpc) is 2.85. The van der Waals surface area contributed by atoms with Crippen molar-refractivity contribution in [1.82, 2.24) is 24.9 Å². The van der Waals surface area contributed by atoms with E-state index in [9.17, 15) is 0 Å². The first-order valence-corrected chi connectivity index (χ1v) is 7.15. The molecule has 2 aromatic rings. The summed E-state index contributed by atoms with van der Waals surface area (Å²) in [6.07, 6.45) is 1.85. The van der Waals surface area contributed by atoms with Gasteiger partial charge in [-0.2, -0.15) is 10.2 Å². The third kappa shape index (κ3) is 2.60. The minimum atomic E-state index is 0.0606. The highest BCUT2D eigenvalue weighted by Crippen LogP contribution is 2.30. The maximum atomic E-state index is 4.45. The molecular weight excluding hydrogens is 306 g/mol. The Bertz CT molecular complexity index is 570. The zero-order chi connectivity index (χ0) is 14.2. The van der Waals surface area contributed by atoms with Crippen molar-refractivity contribution >= 4 is 15.9 Å². The molecule has 0 bridgehead atoms. The summed E-state index contributed by atoms with van der Waals surface area (Å²) in [5, 5.41) is 12.2. The maximum Gasteiger partial charge on any atom is 0.0928 e. The molecule has 2 aromatic heterocycles. The van der Waals surface area contributed by atoms with E-state index in [4.69, 9.17) is 0 Å². The van der Waals surface area contributed by atoms with E-state index < -0.39 is 0 Å². The van der Waals surface area contributed by atoms with Gasteiger partial charge in [0.25, 0.3) is 0 Å². The number of nitrogens with zero attached hydrogens (tertiary/aromatic N) is 4. The monoisotopic (exact) mass is 325 g/mol. The summed E-state index contributed by atoms with van der Waals surface area (Å²) in [6, 6.07) is 2.47. The van der Waals surface area contributed by atoms with Gasteiger partial charge in [0.2, 0.25) is 0 Å². The Kier molecular flexibility index (Phi) is 4.10. The maximum absolute atomic E-state index is 4.45. The molecule has 2 heterocycles. The number of halogens is 1. The Balaban J connectivity index is 2.54. The third-order valence-electron chi connectivity index (χ3n) is 3.17. The molecule has 1 N–H and O–H groups in total. The summed E-state index contributed by atoms with van der Waals surface area (Å²) in [6.45, 7) is 6.26. The van der Waals surface area contributed by atoms with Gasteiger partial charge in [-0.15, -0.1) is 0 Å². The standard InChI is InChI=1S/C13H20BrN5/c1-8(2)19-13(10(14)7-16-19)12(15-4)11-6-9(3)17-18(11)5/h6-8,12,15H,1-5H3. The second kappa shape index (κ2) is 5.46. The van der Waals surface area contributed by atoms with Gasteiger partial charge in [-0.05, 0) is 49.8 Å². The van der Waals surface area contributed by atoms with E-state index in [1.54, 1.807) is 0 Å². The first-order valence-electron chi connectivity index (χ1n) is 6.36. The molecule has 5 nitrogen and oxygen atoms in total. The minimum Gasteiger partial charge on any atom is -0.307 e. The van der Waals surface area contributed by atoms with Crippen molar-refractivity contribution in [1.29, 1.82) is 0 Å². The van der Waals surface area contributed by atoms with Crippen LogP contribution in [0.15, 0.2) is 16.7 Å². The van der Waals surface area contributed by atoms with Crippen LogP contribution in [0.3, 0.4) is 0 Å². The number of aromatic nitrogens is 4. The van der Waals surface area contributed by atoms with Crippen molar-refractivity contribution in [2.24, 2.45) is 7.05 Å². The van der Waals surface area contributed by atoms with Crippen molar-refractivity contribution in [3.8, 4) is 0 Å². The lowest BCUT2D eigenvalue weighted by Gasteiger charge is -2.20. The van der Waals surface area contributed by atoms with Crippen molar-refractivity contribution in [3.05, 3.63) is 33.8 Å². The predicted octanol–water partition coefficient (Wildman–Crippen LogP) is 2.58. The largest absolute Gasteiger partial charge is 0.307 e. The number of hydrogen-bond acceptors (Lipinski definition) is 3. The highest BCUT2D eigenvalue weighted by atomic mass is 79.9. The van der Waals surface area contributed by atoms with E-state index >= 15 is 0 Å². The molecule has 1 unspecified atom stereocenters. The van der Waals surface area contributed by atoms with Crippen molar-refractivity contribution in [2.75, 3.05) is 7.05 Å². The Morgan fingerprint density at radius 2 is 2.05 bits per heavy atom. The molecule has 6 heteroatoms. The first kappa shape index (κ1) is 14.3. The first-order chi connectivity index (χ1) is 8.95. The normalized spacial score (nSPS) is 13.2. The minimum absolute atomic E-state index is 0.0606. The Morgan fingerprint density at radius 3 is 2.53 bits per heavy atom. The van der Waals surface area contributed by atoms with Crippen LogP contribution in [-0.2, 0) is 7.05 Å². The molecule has 1 atom stereocenters. The van der Waals surface area contributed by atoms with Crippen LogP contribution < -0.4 is 5.32 Å². The SMILES string of the molecule is CNC(c1cc(C)nn1C)c1c(Br)cnn1C(C)C. The van der Waals surface area contributed by atoms with Crippen molar-refractivity contribution < 1.29 is 0 Å². The van der Waals surface area contributed by atoms with Gasteiger partial charge in [0.05, 0.1) is 33.8 Å². The molecule has 0 fully saturated rings. The molecule has 104 valence electrons. The van der Waals surface area contributed by atoms with Gasteiger partial charge < -0.3 is 5.32 Å². The molecule has 0 aliphatic heterocycles. The lowest BCUT2D eigenvalue weighted by Crippen LogP contribution is -2.25. The fourth-order valence-corrected chi connectivity index (χ4v) is 2.86. The fraction of sp³-hybridized carbons (Fsp3) is 0.538. The lowest BCUT2D eigenvalue weighted by molar-refractivity contribution is 0.473. The quantitative estimate of drug-likeness (QED) is 0.939. The fourth-order valence-electron chi connectivity index (χ4n) is 2.36. The zero-order valence-corrected chi connectivity index (χ0v) is 13.6. The van der Waals surface area contributed by atoms with E-state index in [1.165, 1.54) is 0 Å². The third-order valence-corrected chi connectivity index (χ3v) is 3.78. The summed E-state index contributed by atoms with van der Waals surface area (Å²) in [4.78, 5) is 0. The van der Waals surface area contributed by atoms with E-state index in [0.29, 0.717) is 6.04 Å². The molecule has 2 rings (SSSR count). The van der Waals surface area contributed by atoms with Crippen molar-refractivity contribution in [2.45, 2.75) is 32.9 Å². The Hall–Kier alpha value is -1.14. The molecular formula is C13H20BrN5. The topological polar surface area (TPSA) is 47.7 Å². The zero-order valence-electron chi connectivity index (χ0n) is 12.0. The van der Waals surface area contributed by atoms with E-state index in [2.05, 4.69) is 51.4 Å². The van der Waals surface area contributed by atoms with Gasteiger partial charge in [-0.3, -0.25) is 9.36 Å². The summed E-state index contributed by atoms with van der Waals surface area (Å²) in [7, 11) is 3.92. The molecule has 0 saturated carbocycles. The smallest absolute Gasteiger partial charge is 0.0928 e. The molecule has 0 aromatic carbocycles. The molecule has 0 saturated heterocycles. The van der Waals surface area contributed by atoms with Crippen LogP contribution in [0.4, 0.5) is 0 Å². The Morgan fingerprint density at radius 1 is 1.37 bits per heavy atom. The van der Waals surface area contributed by atoms with Crippen LogP contribution in [0.2, 0.25) is 0 Å². The second-order valence-electron chi connectivity index (χ2n) is 4.97.